The van der Waals surface area contributed by atoms with Crippen LogP contribution in [0.25, 0.3) is 0 Å². The summed E-state index contributed by atoms with van der Waals surface area (Å²) in [7, 11) is 0. The van der Waals surface area contributed by atoms with Crippen LogP contribution in [0.15, 0.2) is 0 Å². The largest absolute Gasteiger partial charge is 0.352 e. The molecule has 3 nitrogen and oxygen atoms in total. The van der Waals surface area contributed by atoms with Crippen molar-refractivity contribution >= 4 is 18.3 Å². The first-order valence-electron chi connectivity index (χ1n) is 4.26. The fourth-order valence-corrected chi connectivity index (χ4v) is 1.40. The highest BCUT2D eigenvalue weighted by molar-refractivity contribution is 5.85. The molecule has 1 atom stereocenters. The van der Waals surface area contributed by atoms with E-state index in [4.69, 9.17) is 5.73 Å². The van der Waals surface area contributed by atoms with Gasteiger partial charge in [0.2, 0.25) is 5.91 Å². The normalized spacial score (nSPS) is 19.8. The third kappa shape index (κ3) is 3.41. The van der Waals surface area contributed by atoms with Gasteiger partial charge >= 0.3 is 0 Å². The molecule has 12 heavy (non-hydrogen) atoms. The van der Waals surface area contributed by atoms with Gasteiger partial charge in [0.25, 0.3) is 0 Å². The summed E-state index contributed by atoms with van der Waals surface area (Å²) in [5.74, 6) is -0.0168. The van der Waals surface area contributed by atoms with Crippen LogP contribution in [0.2, 0.25) is 0 Å². The Morgan fingerprint density at radius 1 is 1.50 bits per heavy atom. The zero-order valence-electron chi connectivity index (χ0n) is 7.38. The van der Waals surface area contributed by atoms with Crippen molar-refractivity contribution in [2.75, 3.05) is 0 Å². The Hall–Kier alpha value is -0.280. The van der Waals surface area contributed by atoms with Crippen LogP contribution in [0, 0.1) is 0 Å². The topological polar surface area (TPSA) is 55.1 Å². The summed E-state index contributed by atoms with van der Waals surface area (Å²) < 4.78 is 0. The van der Waals surface area contributed by atoms with Crippen LogP contribution in [0.3, 0.4) is 0 Å². The summed E-state index contributed by atoms with van der Waals surface area (Å²) >= 11 is 0. The Bertz CT molecular complexity index is 144. The predicted octanol–water partition coefficient (Wildman–Crippen LogP) is 0.814. The number of halogens is 1. The maximum absolute atomic E-state index is 11.1. The number of carbonyl (C=O) groups is 1. The van der Waals surface area contributed by atoms with E-state index in [1.807, 2.05) is 0 Å². The zero-order valence-corrected chi connectivity index (χ0v) is 8.19. The van der Waals surface area contributed by atoms with E-state index in [2.05, 4.69) is 5.32 Å². The van der Waals surface area contributed by atoms with Crippen molar-refractivity contribution < 1.29 is 4.79 Å². The predicted molar refractivity (Wildman–Crippen MR) is 51.3 cm³/mol. The van der Waals surface area contributed by atoms with Crippen molar-refractivity contribution in [3.05, 3.63) is 0 Å². The molecule has 0 heterocycles. The number of nitrogens with two attached hydrogens (primary N) is 1. The maximum atomic E-state index is 11.1. The lowest BCUT2D eigenvalue weighted by Gasteiger charge is -2.13. The van der Waals surface area contributed by atoms with E-state index in [9.17, 15) is 4.79 Å². The van der Waals surface area contributed by atoms with Gasteiger partial charge in [-0.15, -0.1) is 12.4 Å². The van der Waals surface area contributed by atoms with Crippen LogP contribution in [-0.2, 0) is 4.79 Å². The SMILES string of the molecule is C[C@H](N)C(=O)NC1CCCC1.Cl. The Morgan fingerprint density at radius 3 is 2.42 bits per heavy atom. The highest BCUT2D eigenvalue weighted by Crippen LogP contribution is 2.17. The molecule has 1 fully saturated rings. The Labute approximate surface area is 79.5 Å². The molecule has 1 rings (SSSR count). The lowest BCUT2D eigenvalue weighted by molar-refractivity contribution is -0.122. The molecule has 0 bridgehead atoms. The van der Waals surface area contributed by atoms with E-state index in [0.717, 1.165) is 12.8 Å². The van der Waals surface area contributed by atoms with E-state index in [1.165, 1.54) is 12.8 Å². The summed E-state index contributed by atoms with van der Waals surface area (Å²) in [5, 5.41) is 2.91. The molecule has 0 spiro atoms. The molecule has 1 saturated carbocycles. The monoisotopic (exact) mass is 192 g/mol. The van der Waals surface area contributed by atoms with E-state index in [0.29, 0.717) is 6.04 Å². The molecule has 0 aliphatic heterocycles. The molecule has 0 aromatic rings. The first-order chi connectivity index (χ1) is 5.20. The second kappa shape index (κ2) is 5.38. The van der Waals surface area contributed by atoms with Gasteiger partial charge in [-0.2, -0.15) is 0 Å². The molecule has 0 unspecified atom stereocenters. The molecular weight excluding hydrogens is 176 g/mol. The summed E-state index contributed by atoms with van der Waals surface area (Å²) in [4.78, 5) is 11.1. The molecule has 1 amide bonds. The summed E-state index contributed by atoms with van der Waals surface area (Å²) in [6.45, 7) is 1.71. The van der Waals surface area contributed by atoms with Gasteiger partial charge < -0.3 is 11.1 Å². The van der Waals surface area contributed by atoms with Crippen molar-refractivity contribution in [2.45, 2.75) is 44.7 Å². The zero-order chi connectivity index (χ0) is 8.27. The summed E-state index contributed by atoms with van der Waals surface area (Å²) in [5.41, 5.74) is 5.40. The molecule has 0 aromatic heterocycles. The first-order valence-corrected chi connectivity index (χ1v) is 4.26. The Morgan fingerprint density at radius 2 is 2.00 bits per heavy atom. The molecule has 1 aliphatic carbocycles. The van der Waals surface area contributed by atoms with Crippen LogP contribution in [0.1, 0.15) is 32.6 Å². The van der Waals surface area contributed by atoms with E-state index >= 15 is 0 Å². The van der Waals surface area contributed by atoms with Gasteiger partial charge in [0.15, 0.2) is 0 Å². The summed E-state index contributed by atoms with van der Waals surface area (Å²) in [6, 6.07) is 0.0316. The van der Waals surface area contributed by atoms with Gasteiger partial charge in [0.05, 0.1) is 6.04 Å². The molecule has 0 radical (unpaired) electrons. The third-order valence-corrected chi connectivity index (χ3v) is 2.12. The van der Waals surface area contributed by atoms with E-state index in [1.54, 1.807) is 6.92 Å². The molecular formula is C8H17ClN2O. The van der Waals surface area contributed by atoms with E-state index < -0.39 is 0 Å². The van der Waals surface area contributed by atoms with Gasteiger partial charge in [-0.3, -0.25) is 4.79 Å². The molecule has 4 heteroatoms. The molecule has 1 aliphatic rings. The average molecular weight is 193 g/mol. The van der Waals surface area contributed by atoms with Crippen molar-refractivity contribution in [2.24, 2.45) is 5.73 Å². The molecule has 0 saturated heterocycles. The van der Waals surface area contributed by atoms with Crippen molar-refractivity contribution in [1.82, 2.24) is 5.32 Å². The number of hydrogen-bond donors (Lipinski definition) is 2. The average Bonchev–Trinajstić information content (AvgIpc) is 2.39. The Kier molecular flexibility index (Phi) is 5.25. The minimum atomic E-state index is -0.365. The number of hydrogen-bond acceptors (Lipinski definition) is 2. The van der Waals surface area contributed by atoms with E-state index in [-0.39, 0.29) is 24.4 Å². The van der Waals surface area contributed by atoms with Gasteiger partial charge in [0.1, 0.15) is 0 Å². The van der Waals surface area contributed by atoms with Crippen molar-refractivity contribution in [1.29, 1.82) is 0 Å². The fraction of sp³-hybridized carbons (Fsp3) is 0.875. The lowest BCUT2D eigenvalue weighted by atomic mass is 10.2. The van der Waals surface area contributed by atoms with Gasteiger partial charge in [-0.25, -0.2) is 0 Å². The fourth-order valence-electron chi connectivity index (χ4n) is 1.40. The third-order valence-electron chi connectivity index (χ3n) is 2.12. The lowest BCUT2D eigenvalue weighted by Crippen LogP contribution is -2.42. The molecule has 72 valence electrons. The highest BCUT2D eigenvalue weighted by Gasteiger charge is 2.18. The van der Waals surface area contributed by atoms with Crippen LogP contribution in [0.5, 0.6) is 0 Å². The van der Waals surface area contributed by atoms with Crippen molar-refractivity contribution in [3.8, 4) is 0 Å². The Balaban J connectivity index is 0.00000121. The summed E-state index contributed by atoms with van der Waals surface area (Å²) in [6.07, 6.45) is 4.73. The highest BCUT2D eigenvalue weighted by atomic mass is 35.5. The van der Waals surface area contributed by atoms with Crippen LogP contribution in [-0.4, -0.2) is 18.0 Å². The van der Waals surface area contributed by atoms with Crippen LogP contribution >= 0.6 is 12.4 Å². The van der Waals surface area contributed by atoms with Gasteiger partial charge in [-0.05, 0) is 19.8 Å². The minimum absolute atomic E-state index is 0. The molecule has 3 N–H and O–H groups in total. The number of nitrogens with one attached hydrogen (secondary N) is 1. The second-order valence-electron chi connectivity index (χ2n) is 3.28. The number of carbonyl (C=O) groups excluding carboxylic acids is 1. The first kappa shape index (κ1) is 11.7. The standard InChI is InChI=1S/C8H16N2O.ClH/c1-6(9)8(11)10-7-4-2-3-5-7;/h6-7H,2-5,9H2,1H3,(H,10,11);1H/t6-;/m0./s1. The van der Waals surface area contributed by atoms with Crippen LogP contribution < -0.4 is 11.1 Å². The number of amides is 1. The van der Waals surface area contributed by atoms with Crippen molar-refractivity contribution in [3.63, 3.8) is 0 Å². The minimum Gasteiger partial charge on any atom is -0.352 e. The smallest absolute Gasteiger partial charge is 0.236 e. The van der Waals surface area contributed by atoms with Crippen LogP contribution in [0.4, 0.5) is 0 Å². The second-order valence-corrected chi connectivity index (χ2v) is 3.28. The quantitative estimate of drug-likeness (QED) is 0.681. The number of rotatable bonds is 2. The van der Waals surface area contributed by atoms with Gasteiger partial charge in [0, 0.05) is 6.04 Å². The van der Waals surface area contributed by atoms with Gasteiger partial charge in [-0.1, -0.05) is 12.8 Å². The molecule has 0 aromatic carbocycles. The maximum Gasteiger partial charge on any atom is 0.236 e.